The molecule has 0 aromatic heterocycles. The predicted molar refractivity (Wildman–Crippen MR) is 120 cm³/mol. The zero-order valence-corrected chi connectivity index (χ0v) is 18.5. The molecule has 160 valence electrons. The largest absolute Gasteiger partial charge is 0.372 e. The Morgan fingerprint density at radius 1 is 1.03 bits per heavy atom. The number of hydrazine groups is 1. The third-order valence-corrected chi connectivity index (χ3v) is 5.02. The van der Waals surface area contributed by atoms with E-state index in [4.69, 9.17) is 5.73 Å². The second-order valence-corrected chi connectivity index (χ2v) is 7.46. The van der Waals surface area contributed by atoms with Crippen molar-refractivity contribution in [1.82, 2.24) is 16.2 Å². The maximum absolute atomic E-state index is 12.3. The zero-order chi connectivity index (χ0) is 22.1. The highest BCUT2D eigenvalue weighted by Crippen LogP contribution is 2.21. The van der Waals surface area contributed by atoms with Crippen molar-refractivity contribution in [3.8, 4) is 0 Å². The summed E-state index contributed by atoms with van der Waals surface area (Å²) in [6, 6.07) is 12.9. The molecule has 0 saturated carbocycles. The number of hydrogen-bond donors (Lipinski definition) is 4. The molecule has 4 amide bonds. The second-order valence-electron chi connectivity index (χ2n) is 6.54. The third-order valence-electron chi connectivity index (χ3n) is 4.53. The average Bonchev–Trinajstić information content (AvgIpc) is 2.72. The fraction of sp³-hybridized carbons (Fsp3) is 0.286. The predicted octanol–water partition coefficient (Wildman–Crippen LogP) is 2.86. The number of halogens is 1. The van der Waals surface area contributed by atoms with Gasteiger partial charge in [0, 0.05) is 28.8 Å². The Hall–Kier alpha value is -3.07. The van der Waals surface area contributed by atoms with Crippen LogP contribution in [0.2, 0.25) is 0 Å². The van der Waals surface area contributed by atoms with Crippen LogP contribution in [-0.4, -0.2) is 30.9 Å². The number of rotatable bonds is 8. The van der Waals surface area contributed by atoms with Crippen LogP contribution in [0.15, 0.2) is 53.0 Å². The molecule has 0 spiro atoms. The zero-order valence-electron chi connectivity index (χ0n) is 16.9. The Bertz CT molecular complexity index is 884. The van der Waals surface area contributed by atoms with E-state index in [-0.39, 0.29) is 6.42 Å². The van der Waals surface area contributed by atoms with Crippen molar-refractivity contribution < 1.29 is 14.4 Å². The minimum atomic E-state index is -0.745. The standard InChI is InChI=1S/C21H26BrN5O3/c1-3-27(4-2)17-10-8-14(9-11-17)20(29)26-25-19(28)13-18(24-21(23)30)15-6-5-7-16(22)12-15/h5-12,18H,3-4,13H2,1-2H3,(H,25,28)(H,26,29)(H3,23,24,30). The molecular formula is C21H26BrN5O3. The van der Waals surface area contributed by atoms with E-state index in [9.17, 15) is 14.4 Å². The summed E-state index contributed by atoms with van der Waals surface area (Å²) >= 11 is 3.36. The Morgan fingerprint density at radius 2 is 1.70 bits per heavy atom. The summed E-state index contributed by atoms with van der Waals surface area (Å²) in [7, 11) is 0. The van der Waals surface area contributed by atoms with Crippen molar-refractivity contribution in [2.75, 3.05) is 18.0 Å². The molecule has 2 aromatic rings. The highest BCUT2D eigenvalue weighted by Gasteiger charge is 2.18. The summed E-state index contributed by atoms with van der Waals surface area (Å²) < 4.78 is 0.804. The summed E-state index contributed by atoms with van der Waals surface area (Å²) in [6.07, 6.45) is -0.0967. The Morgan fingerprint density at radius 3 is 2.27 bits per heavy atom. The lowest BCUT2D eigenvalue weighted by atomic mass is 10.0. The first-order valence-corrected chi connectivity index (χ1v) is 10.4. The normalized spacial score (nSPS) is 11.3. The van der Waals surface area contributed by atoms with Crippen molar-refractivity contribution in [2.45, 2.75) is 26.3 Å². The number of amides is 4. The number of anilines is 1. The van der Waals surface area contributed by atoms with E-state index in [1.54, 1.807) is 30.3 Å². The summed E-state index contributed by atoms with van der Waals surface area (Å²) in [5, 5.41) is 2.54. The van der Waals surface area contributed by atoms with Gasteiger partial charge in [0.05, 0.1) is 12.5 Å². The number of urea groups is 1. The van der Waals surface area contributed by atoms with Gasteiger partial charge in [-0.2, -0.15) is 0 Å². The molecular weight excluding hydrogens is 450 g/mol. The maximum atomic E-state index is 12.3. The van der Waals surface area contributed by atoms with Gasteiger partial charge in [-0.05, 0) is 55.8 Å². The third kappa shape index (κ3) is 6.77. The summed E-state index contributed by atoms with van der Waals surface area (Å²) in [6.45, 7) is 5.87. The molecule has 1 unspecified atom stereocenters. The number of carbonyl (C=O) groups is 3. The van der Waals surface area contributed by atoms with E-state index in [0.717, 1.165) is 23.2 Å². The van der Waals surface area contributed by atoms with Gasteiger partial charge in [-0.3, -0.25) is 20.4 Å². The number of carbonyl (C=O) groups excluding carboxylic acids is 3. The van der Waals surface area contributed by atoms with Gasteiger partial charge < -0.3 is 16.0 Å². The van der Waals surface area contributed by atoms with Crippen molar-refractivity contribution in [3.05, 3.63) is 64.1 Å². The fourth-order valence-corrected chi connectivity index (χ4v) is 3.41. The van der Waals surface area contributed by atoms with E-state index < -0.39 is 23.9 Å². The lowest BCUT2D eigenvalue weighted by Gasteiger charge is -2.21. The van der Waals surface area contributed by atoms with Crippen molar-refractivity contribution in [3.63, 3.8) is 0 Å². The van der Waals surface area contributed by atoms with Crippen molar-refractivity contribution in [1.29, 1.82) is 0 Å². The first kappa shape index (κ1) is 23.2. The van der Waals surface area contributed by atoms with Crippen LogP contribution >= 0.6 is 15.9 Å². The molecule has 30 heavy (non-hydrogen) atoms. The Labute approximate surface area is 184 Å². The van der Waals surface area contributed by atoms with E-state index >= 15 is 0 Å². The molecule has 0 saturated heterocycles. The first-order chi connectivity index (χ1) is 14.3. The SMILES string of the molecule is CCN(CC)c1ccc(C(=O)NNC(=O)CC(NC(N)=O)c2cccc(Br)c2)cc1. The number of nitrogens with one attached hydrogen (secondary N) is 3. The van der Waals surface area contributed by atoms with Gasteiger partial charge in [-0.15, -0.1) is 0 Å². The molecule has 0 fully saturated rings. The number of benzene rings is 2. The van der Waals surface area contributed by atoms with Crippen LogP contribution in [0.4, 0.5) is 10.5 Å². The molecule has 2 aromatic carbocycles. The van der Waals surface area contributed by atoms with Gasteiger partial charge in [-0.1, -0.05) is 28.1 Å². The monoisotopic (exact) mass is 475 g/mol. The van der Waals surface area contributed by atoms with Crippen LogP contribution in [0.1, 0.15) is 42.2 Å². The average molecular weight is 476 g/mol. The highest BCUT2D eigenvalue weighted by molar-refractivity contribution is 9.10. The lowest BCUT2D eigenvalue weighted by molar-refractivity contribution is -0.122. The van der Waals surface area contributed by atoms with Crippen LogP contribution < -0.4 is 26.8 Å². The number of primary amides is 1. The molecule has 0 radical (unpaired) electrons. The lowest BCUT2D eigenvalue weighted by Crippen LogP contribution is -2.44. The molecule has 0 aliphatic carbocycles. The molecule has 9 heteroatoms. The van der Waals surface area contributed by atoms with E-state index in [1.165, 1.54) is 0 Å². The minimum absolute atomic E-state index is 0.0967. The minimum Gasteiger partial charge on any atom is -0.372 e. The molecule has 0 aliphatic rings. The smallest absolute Gasteiger partial charge is 0.312 e. The first-order valence-electron chi connectivity index (χ1n) is 9.59. The highest BCUT2D eigenvalue weighted by atomic mass is 79.9. The van der Waals surface area contributed by atoms with Gasteiger partial charge >= 0.3 is 6.03 Å². The number of nitrogens with two attached hydrogens (primary N) is 1. The van der Waals surface area contributed by atoms with E-state index in [0.29, 0.717) is 11.1 Å². The van der Waals surface area contributed by atoms with Gasteiger partial charge in [0.2, 0.25) is 5.91 Å². The van der Waals surface area contributed by atoms with Crippen molar-refractivity contribution in [2.24, 2.45) is 5.73 Å². The van der Waals surface area contributed by atoms with E-state index in [2.05, 4.69) is 50.8 Å². The summed E-state index contributed by atoms with van der Waals surface area (Å²) in [5.74, 6) is -0.904. The Kier molecular flexibility index (Phi) is 8.67. The molecule has 0 bridgehead atoms. The summed E-state index contributed by atoms with van der Waals surface area (Å²) in [5.41, 5.74) is 12.1. The quantitative estimate of drug-likeness (QED) is 0.439. The molecule has 8 nitrogen and oxygen atoms in total. The topological polar surface area (TPSA) is 117 Å². The van der Waals surface area contributed by atoms with Gasteiger partial charge in [0.1, 0.15) is 0 Å². The van der Waals surface area contributed by atoms with Gasteiger partial charge in [0.25, 0.3) is 5.91 Å². The number of nitrogens with zero attached hydrogens (tertiary/aromatic N) is 1. The van der Waals surface area contributed by atoms with Gasteiger partial charge in [-0.25, -0.2) is 4.79 Å². The molecule has 5 N–H and O–H groups in total. The second kappa shape index (κ2) is 11.2. The molecule has 2 rings (SSSR count). The molecule has 0 heterocycles. The maximum Gasteiger partial charge on any atom is 0.312 e. The van der Waals surface area contributed by atoms with Crippen LogP contribution in [0.25, 0.3) is 0 Å². The fourth-order valence-electron chi connectivity index (χ4n) is 2.99. The molecule has 1 atom stereocenters. The van der Waals surface area contributed by atoms with Crippen LogP contribution in [0.5, 0.6) is 0 Å². The van der Waals surface area contributed by atoms with Crippen molar-refractivity contribution >= 4 is 39.5 Å². The van der Waals surface area contributed by atoms with E-state index in [1.807, 2.05) is 18.2 Å². The van der Waals surface area contributed by atoms with Crippen LogP contribution in [0.3, 0.4) is 0 Å². The summed E-state index contributed by atoms with van der Waals surface area (Å²) in [4.78, 5) is 38.1. The van der Waals surface area contributed by atoms with Crippen LogP contribution in [-0.2, 0) is 4.79 Å². The Balaban J connectivity index is 1.96. The number of hydrogen-bond acceptors (Lipinski definition) is 4. The molecule has 0 aliphatic heterocycles. The van der Waals surface area contributed by atoms with Gasteiger partial charge in [0.15, 0.2) is 0 Å². The van der Waals surface area contributed by atoms with Crippen LogP contribution in [0, 0.1) is 0 Å².